The number of hydrogen-bond donors (Lipinski definition) is 2. The minimum Gasteiger partial charge on any atom is -0.351 e. The van der Waals surface area contributed by atoms with E-state index in [1.165, 1.54) is 25.8 Å². The lowest BCUT2D eigenvalue weighted by molar-refractivity contribution is -0.121. The summed E-state index contributed by atoms with van der Waals surface area (Å²) >= 11 is 0. The Balaban J connectivity index is 1.79. The molecule has 0 aromatic carbocycles. The van der Waals surface area contributed by atoms with Crippen molar-refractivity contribution in [3.63, 3.8) is 0 Å². The van der Waals surface area contributed by atoms with Crippen molar-refractivity contribution in [3.05, 3.63) is 0 Å². The summed E-state index contributed by atoms with van der Waals surface area (Å²) in [5.74, 6) is 0.152. The number of likely N-dealkylation sites (N-methyl/N-ethyl adjacent to an activating group) is 1. The van der Waals surface area contributed by atoms with Gasteiger partial charge in [0.25, 0.3) is 0 Å². The van der Waals surface area contributed by atoms with E-state index in [0.29, 0.717) is 18.6 Å². The predicted octanol–water partition coefficient (Wildman–Crippen LogP) is 0.339. The van der Waals surface area contributed by atoms with Gasteiger partial charge in [-0.05, 0) is 32.4 Å². The minimum atomic E-state index is 0.152. The Hall–Kier alpha value is -0.610. The minimum absolute atomic E-state index is 0.152. The van der Waals surface area contributed by atoms with Gasteiger partial charge >= 0.3 is 0 Å². The third-order valence-electron chi connectivity index (χ3n) is 3.74. The second kappa shape index (κ2) is 5.64. The number of carbonyl (C=O) groups is 1. The molecule has 0 radical (unpaired) electrons. The Bertz CT molecular complexity index is 244. The topological polar surface area (TPSA) is 44.4 Å². The fourth-order valence-corrected chi connectivity index (χ4v) is 2.91. The molecule has 2 aliphatic heterocycles. The lowest BCUT2D eigenvalue weighted by atomic mass is 9.99. The highest BCUT2D eigenvalue weighted by Crippen LogP contribution is 2.26. The first-order chi connectivity index (χ1) is 7.81. The third kappa shape index (κ3) is 2.74. The summed E-state index contributed by atoms with van der Waals surface area (Å²) in [6.07, 6.45) is 5.03. The molecule has 2 atom stereocenters. The SMILES string of the molecule is CCNCC(=O)NC1CCN2CCCCC12. The highest BCUT2D eigenvalue weighted by atomic mass is 16.2. The van der Waals surface area contributed by atoms with E-state index < -0.39 is 0 Å². The molecule has 0 saturated carbocycles. The Kier molecular flexibility index (Phi) is 4.18. The molecule has 0 aromatic heterocycles. The van der Waals surface area contributed by atoms with Crippen molar-refractivity contribution >= 4 is 5.91 Å². The fraction of sp³-hybridized carbons (Fsp3) is 0.917. The number of rotatable bonds is 4. The van der Waals surface area contributed by atoms with Gasteiger partial charge in [-0.15, -0.1) is 0 Å². The number of hydrogen-bond acceptors (Lipinski definition) is 3. The number of amides is 1. The van der Waals surface area contributed by atoms with E-state index in [2.05, 4.69) is 15.5 Å². The zero-order chi connectivity index (χ0) is 11.4. The second-order valence-electron chi connectivity index (χ2n) is 4.84. The Labute approximate surface area is 97.8 Å². The van der Waals surface area contributed by atoms with Crippen LogP contribution in [0.15, 0.2) is 0 Å². The normalized spacial score (nSPS) is 30.1. The number of fused-ring (bicyclic) bond motifs is 1. The quantitative estimate of drug-likeness (QED) is 0.725. The maximum atomic E-state index is 11.6. The summed E-state index contributed by atoms with van der Waals surface area (Å²) in [6, 6.07) is 1.01. The van der Waals surface area contributed by atoms with Gasteiger partial charge < -0.3 is 10.6 Å². The number of piperidine rings is 1. The Morgan fingerprint density at radius 2 is 2.19 bits per heavy atom. The summed E-state index contributed by atoms with van der Waals surface area (Å²) in [5.41, 5.74) is 0. The van der Waals surface area contributed by atoms with Crippen molar-refractivity contribution in [1.82, 2.24) is 15.5 Å². The highest BCUT2D eigenvalue weighted by molar-refractivity contribution is 5.78. The summed E-state index contributed by atoms with van der Waals surface area (Å²) < 4.78 is 0. The van der Waals surface area contributed by atoms with Gasteiger partial charge in [-0.25, -0.2) is 0 Å². The molecule has 0 aliphatic carbocycles. The monoisotopic (exact) mass is 225 g/mol. The van der Waals surface area contributed by atoms with Crippen LogP contribution in [0.5, 0.6) is 0 Å². The molecule has 16 heavy (non-hydrogen) atoms. The summed E-state index contributed by atoms with van der Waals surface area (Å²) in [7, 11) is 0. The van der Waals surface area contributed by atoms with Crippen LogP contribution in [0.3, 0.4) is 0 Å². The van der Waals surface area contributed by atoms with Crippen molar-refractivity contribution in [1.29, 1.82) is 0 Å². The molecule has 4 nitrogen and oxygen atoms in total. The zero-order valence-corrected chi connectivity index (χ0v) is 10.2. The molecule has 0 bridgehead atoms. The lowest BCUT2D eigenvalue weighted by Crippen LogP contribution is -2.48. The van der Waals surface area contributed by atoms with E-state index in [-0.39, 0.29) is 5.91 Å². The third-order valence-corrected chi connectivity index (χ3v) is 3.74. The molecule has 0 spiro atoms. The van der Waals surface area contributed by atoms with Gasteiger partial charge in [-0.1, -0.05) is 13.3 Å². The van der Waals surface area contributed by atoms with Crippen LogP contribution >= 0.6 is 0 Å². The first-order valence-corrected chi connectivity index (χ1v) is 6.55. The summed E-state index contributed by atoms with van der Waals surface area (Å²) in [5, 5.41) is 6.24. The van der Waals surface area contributed by atoms with Gasteiger partial charge in [0.1, 0.15) is 0 Å². The molecule has 92 valence electrons. The molecule has 2 N–H and O–H groups in total. The zero-order valence-electron chi connectivity index (χ0n) is 10.2. The molecule has 1 amide bonds. The van der Waals surface area contributed by atoms with Crippen LogP contribution in [0.2, 0.25) is 0 Å². The smallest absolute Gasteiger partial charge is 0.234 e. The molecule has 2 unspecified atom stereocenters. The van der Waals surface area contributed by atoms with Crippen LogP contribution in [0.4, 0.5) is 0 Å². The molecule has 2 fully saturated rings. The van der Waals surface area contributed by atoms with Crippen LogP contribution in [0.25, 0.3) is 0 Å². The maximum Gasteiger partial charge on any atom is 0.234 e. The second-order valence-corrected chi connectivity index (χ2v) is 4.84. The van der Waals surface area contributed by atoms with Crippen molar-refractivity contribution in [2.45, 2.75) is 44.7 Å². The van der Waals surface area contributed by atoms with Crippen LogP contribution in [-0.4, -0.2) is 49.1 Å². The standard InChI is InChI=1S/C12H23N3O/c1-2-13-9-12(16)14-10-6-8-15-7-4-3-5-11(10)15/h10-11,13H,2-9H2,1H3,(H,14,16). The first kappa shape index (κ1) is 11.9. The fourth-order valence-electron chi connectivity index (χ4n) is 2.91. The number of carbonyl (C=O) groups excluding carboxylic acids is 1. The van der Waals surface area contributed by atoms with Crippen LogP contribution in [-0.2, 0) is 4.79 Å². The van der Waals surface area contributed by atoms with Crippen molar-refractivity contribution in [3.8, 4) is 0 Å². The summed E-state index contributed by atoms with van der Waals surface area (Å²) in [4.78, 5) is 14.2. The molecule has 2 rings (SSSR count). The van der Waals surface area contributed by atoms with Crippen LogP contribution in [0.1, 0.15) is 32.6 Å². The first-order valence-electron chi connectivity index (χ1n) is 6.55. The van der Waals surface area contributed by atoms with Gasteiger partial charge in [0.2, 0.25) is 5.91 Å². The van der Waals surface area contributed by atoms with Gasteiger partial charge in [-0.2, -0.15) is 0 Å². The van der Waals surface area contributed by atoms with Crippen LogP contribution < -0.4 is 10.6 Å². The average Bonchev–Trinajstić information content (AvgIpc) is 2.70. The Morgan fingerprint density at radius 3 is 3.00 bits per heavy atom. The Morgan fingerprint density at radius 1 is 1.31 bits per heavy atom. The number of nitrogens with zero attached hydrogens (tertiary/aromatic N) is 1. The van der Waals surface area contributed by atoms with Crippen LogP contribution in [0, 0.1) is 0 Å². The molecular formula is C12H23N3O. The van der Waals surface area contributed by atoms with E-state index in [1.54, 1.807) is 0 Å². The van der Waals surface area contributed by atoms with Crippen molar-refractivity contribution in [2.24, 2.45) is 0 Å². The van der Waals surface area contributed by atoms with E-state index >= 15 is 0 Å². The molecule has 0 aromatic rings. The van der Waals surface area contributed by atoms with E-state index in [4.69, 9.17) is 0 Å². The van der Waals surface area contributed by atoms with Gasteiger partial charge in [0, 0.05) is 18.6 Å². The van der Waals surface area contributed by atoms with E-state index in [1.807, 2.05) is 6.92 Å². The maximum absolute atomic E-state index is 11.6. The molecule has 2 heterocycles. The van der Waals surface area contributed by atoms with Gasteiger partial charge in [0.15, 0.2) is 0 Å². The van der Waals surface area contributed by atoms with E-state index in [0.717, 1.165) is 19.5 Å². The molecular weight excluding hydrogens is 202 g/mol. The number of nitrogens with one attached hydrogen (secondary N) is 2. The lowest BCUT2D eigenvalue weighted by Gasteiger charge is -2.32. The van der Waals surface area contributed by atoms with Gasteiger partial charge in [-0.3, -0.25) is 9.69 Å². The molecule has 4 heteroatoms. The largest absolute Gasteiger partial charge is 0.351 e. The van der Waals surface area contributed by atoms with Crippen molar-refractivity contribution < 1.29 is 4.79 Å². The van der Waals surface area contributed by atoms with Gasteiger partial charge in [0.05, 0.1) is 6.54 Å². The highest BCUT2D eigenvalue weighted by Gasteiger charge is 2.35. The van der Waals surface area contributed by atoms with Crippen molar-refractivity contribution in [2.75, 3.05) is 26.2 Å². The summed E-state index contributed by atoms with van der Waals surface area (Å²) in [6.45, 7) is 5.72. The average molecular weight is 225 g/mol. The molecule has 2 aliphatic rings. The van der Waals surface area contributed by atoms with E-state index in [9.17, 15) is 4.79 Å². The predicted molar refractivity (Wildman–Crippen MR) is 64.3 cm³/mol. The molecule has 2 saturated heterocycles.